The SMILES string of the molecule is C[C@H]1OC(c2ccc(OCCCO)cc2)=N[C@@]1(CCS(=O)(=O)c1ccccc1)C(=O)NC1c2ccccc2-c2ccccc21. The number of aliphatic imine (C=N–C) groups is 1. The molecular weight excluding hydrogens is 576 g/mol. The molecule has 4 aromatic rings. The van der Waals surface area contributed by atoms with Gasteiger partial charge in [0.15, 0.2) is 15.4 Å². The molecule has 9 heteroatoms. The van der Waals surface area contributed by atoms with Crippen molar-refractivity contribution < 1.29 is 27.8 Å². The van der Waals surface area contributed by atoms with E-state index in [2.05, 4.69) is 5.32 Å². The van der Waals surface area contributed by atoms with Crippen molar-refractivity contribution in [2.75, 3.05) is 19.0 Å². The Balaban J connectivity index is 1.34. The summed E-state index contributed by atoms with van der Waals surface area (Å²) in [6, 6.07) is 30.9. The van der Waals surface area contributed by atoms with Crippen LogP contribution in [-0.2, 0) is 19.4 Å². The molecule has 1 aliphatic carbocycles. The minimum absolute atomic E-state index is 0.0444. The summed E-state index contributed by atoms with van der Waals surface area (Å²) in [6.45, 7) is 2.19. The van der Waals surface area contributed by atoms with Crippen molar-refractivity contribution in [3.05, 3.63) is 120 Å². The van der Waals surface area contributed by atoms with E-state index in [9.17, 15) is 13.2 Å². The molecule has 0 spiro atoms. The van der Waals surface area contributed by atoms with Crippen LogP contribution in [0.15, 0.2) is 113 Å². The van der Waals surface area contributed by atoms with E-state index >= 15 is 0 Å². The molecule has 1 amide bonds. The van der Waals surface area contributed by atoms with Gasteiger partial charge in [-0.15, -0.1) is 0 Å². The van der Waals surface area contributed by atoms with E-state index in [4.69, 9.17) is 19.6 Å². The predicted octanol–water partition coefficient (Wildman–Crippen LogP) is 5.10. The van der Waals surface area contributed by atoms with Crippen LogP contribution in [0.5, 0.6) is 5.75 Å². The zero-order valence-corrected chi connectivity index (χ0v) is 25.2. The second-order valence-corrected chi connectivity index (χ2v) is 13.1. The Morgan fingerprint density at radius 1 is 0.909 bits per heavy atom. The van der Waals surface area contributed by atoms with Gasteiger partial charge in [-0.3, -0.25) is 4.79 Å². The van der Waals surface area contributed by atoms with Crippen LogP contribution in [0.4, 0.5) is 0 Å². The lowest BCUT2D eigenvalue weighted by Gasteiger charge is -2.30. The highest BCUT2D eigenvalue weighted by Crippen LogP contribution is 2.44. The molecule has 0 aromatic heterocycles. The normalized spacial score (nSPS) is 19.0. The van der Waals surface area contributed by atoms with Gasteiger partial charge < -0.3 is 19.9 Å². The van der Waals surface area contributed by atoms with Crippen LogP contribution in [0, 0.1) is 0 Å². The maximum absolute atomic E-state index is 14.5. The first-order valence-corrected chi connectivity index (χ1v) is 16.4. The Morgan fingerprint density at radius 2 is 1.52 bits per heavy atom. The van der Waals surface area contributed by atoms with Crippen LogP contribution in [0.2, 0.25) is 0 Å². The van der Waals surface area contributed by atoms with Crippen LogP contribution in [-0.4, -0.2) is 55.9 Å². The van der Waals surface area contributed by atoms with Gasteiger partial charge in [0, 0.05) is 18.6 Å². The monoisotopic (exact) mass is 610 g/mol. The average molecular weight is 611 g/mol. The molecular formula is C35H34N2O6S. The predicted molar refractivity (Wildman–Crippen MR) is 168 cm³/mol. The summed E-state index contributed by atoms with van der Waals surface area (Å²) in [4.78, 5) is 19.5. The fourth-order valence-electron chi connectivity index (χ4n) is 5.86. The summed E-state index contributed by atoms with van der Waals surface area (Å²) in [5.41, 5.74) is 3.19. The molecule has 8 nitrogen and oxygen atoms in total. The van der Waals surface area contributed by atoms with Crippen molar-refractivity contribution in [2.24, 2.45) is 4.99 Å². The summed E-state index contributed by atoms with van der Waals surface area (Å²) >= 11 is 0. The maximum atomic E-state index is 14.5. The van der Waals surface area contributed by atoms with Gasteiger partial charge in [-0.1, -0.05) is 66.7 Å². The molecule has 0 radical (unpaired) electrons. The molecule has 2 atom stereocenters. The molecule has 1 aliphatic heterocycles. The van der Waals surface area contributed by atoms with Crippen molar-refractivity contribution in [2.45, 2.75) is 42.3 Å². The van der Waals surface area contributed by atoms with Crippen molar-refractivity contribution >= 4 is 21.6 Å². The second-order valence-electron chi connectivity index (χ2n) is 11.0. The third kappa shape index (κ3) is 5.60. The Kier molecular flexibility index (Phi) is 8.25. The molecule has 2 N–H and O–H groups in total. The third-order valence-electron chi connectivity index (χ3n) is 8.29. The summed E-state index contributed by atoms with van der Waals surface area (Å²) in [7, 11) is -3.71. The summed E-state index contributed by atoms with van der Waals surface area (Å²) < 4.78 is 38.6. The topological polar surface area (TPSA) is 114 Å². The number of fused-ring (bicyclic) bond motifs is 3. The van der Waals surface area contributed by atoms with E-state index in [-0.39, 0.29) is 29.6 Å². The van der Waals surface area contributed by atoms with Crippen LogP contribution in [0.3, 0.4) is 0 Å². The number of aliphatic hydroxyl groups is 1. The van der Waals surface area contributed by atoms with E-state index in [1.165, 1.54) is 0 Å². The van der Waals surface area contributed by atoms with Crippen molar-refractivity contribution in [1.29, 1.82) is 0 Å². The molecule has 0 saturated carbocycles. The molecule has 0 fully saturated rings. The van der Waals surface area contributed by atoms with E-state index < -0.39 is 33.4 Å². The van der Waals surface area contributed by atoms with E-state index in [0.717, 1.165) is 22.3 Å². The first-order valence-electron chi connectivity index (χ1n) is 14.7. The number of hydrogen-bond donors (Lipinski definition) is 2. The fraction of sp³-hybridized carbons (Fsp3) is 0.257. The van der Waals surface area contributed by atoms with Crippen LogP contribution in [0.1, 0.15) is 42.5 Å². The number of sulfone groups is 1. The highest BCUT2D eigenvalue weighted by molar-refractivity contribution is 7.91. The average Bonchev–Trinajstić information content (AvgIpc) is 3.56. The molecule has 2 aliphatic rings. The van der Waals surface area contributed by atoms with E-state index in [1.807, 2.05) is 48.5 Å². The smallest absolute Gasteiger partial charge is 0.252 e. The Morgan fingerprint density at radius 3 is 2.16 bits per heavy atom. The number of amides is 1. The number of ether oxygens (including phenoxy) is 2. The van der Waals surface area contributed by atoms with Gasteiger partial charge in [0.05, 0.1) is 23.3 Å². The molecule has 4 aromatic carbocycles. The highest BCUT2D eigenvalue weighted by Gasteiger charge is 2.51. The number of aliphatic hydroxyl groups excluding tert-OH is 1. The van der Waals surface area contributed by atoms with Crippen LogP contribution >= 0.6 is 0 Å². The lowest BCUT2D eigenvalue weighted by molar-refractivity contribution is -0.129. The van der Waals surface area contributed by atoms with Crippen molar-refractivity contribution in [3.8, 4) is 16.9 Å². The lowest BCUT2D eigenvalue weighted by Crippen LogP contribution is -2.52. The highest BCUT2D eigenvalue weighted by atomic mass is 32.2. The summed E-state index contributed by atoms with van der Waals surface area (Å²) in [5, 5.41) is 12.2. The van der Waals surface area contributed by atoms with Crippen LogP contribution < -0.4 is 10.1 Å². The summed E-state index contributed by atoms with van der Waals surface area (Å²) in [6.07, 6.45) is -0.288. The van der Waals surface area contributed by atoms with Crippen LogP contribution in [0.25, 0.3) is 11.1 Å². The zero-order valence-electron chi connectivity index (χ0n) is 24.3. The number of carbonyl (C=O) groups is 1. The van der Waals surface area contributed by atoms with Gasteiger partial charge in [-0.2, -0.15) is 0 Å². The summed E-state index contributed by atoms with van der Waals surface area (Å²) in [5.74, 6) is 0.206. The zero-order chi connectivity index (χ0) is 30.7. The van der Waals surface area contributed by atoms with E-state index in [0.29, 0.717) is 24.3 Å². The molecule has 0 bridgehead atoms. The first kappa shape index (κ1) is 29.6. The third-order valence-corrected chi connectivity index (χ3v) is 10.0. The van der Waals surface area contributed by atoms with Gasteiger partial charge in [-0.25, -0.2) is 13.4 Å². The lowest BCUT2D eigenvalue weighted by atomic mass is 9.89. The van der Waals surface area contributed by atoms with E-state index in [1.54, 1.807) is 61.5 Å². The maximum Gasteiger partial charge on any atom is 0.252 e. The molecule has 0 saturated heterocycles. The largest absolute Gasteiger partial charge is 0.494 e. The quantitative estimate of drug-likeness (QED) is 0.229. The van der Waals surface area contributed by atoms with Gasteiger partial charge in [0.1, 0.15) is 11.9 Å². The fourth-order valence-corrected chi connectivity index (χ4v) is 7.24. The molecule has 0 unspecified atom stereocenters. The van der Waals surface area contributed by atoms with Gasteiger partial charge in [-0.05, 0) is 72.0 Å². The number of nitrogens with one attached hydrogen (secondary N) is 1. The van der Waals surface area contributed by atoms with Crippen molar-refractivity contribution in [3.63, 3.8) is 0 Å². The van der Waals surface area contributed by atoms with Gasteiger partial charge in [0.2, 0.25) is 5.90 Å². The second kappa shape index (κ2) is 12.3. The minimum Gasteiger partial charge on any atom is -0.494 e. The minimum atomic E-state index is -3.71. The number of rotatable bonds is 11. The standard InChI is InChI=1S/C35H34N2O6S/c1-24-35(20-23-44(40,41)27-10-3-2-4-11-27,37-33(43-24)25-16-18-26(19-17-25)42-22-9-21-38)34(39)36-32-30-14-7-5-12-28(30)29-13-6-8-15-31(29)32/h2-8,10-19,24,32,38H,9,20-23H2,1H3,(H,36,39)/t24-,35-/m1/s1. The first-order chi connectivity index (χ1) is 21.3. The molecule has 44 heavy (non-hydrogen) atoms. The molecule has 6 rings (SSSR count). The van der Waals surface area contributed by atoms with Crippen molar-refractivity contribution in [1.82, 2.24) is 5.32 Å². The van der Waals surface area contributed by atoms with Gasteiger partial charge >= 0.3 is 0 Å². The Labute approximate surface area is 257 Å². The Bertz CT molecular complexity index is 1740. The molecule has 226 valence electrons. The number of carbonyl (C=O) groups excluding carboxylic acids is 1. The number of hydrogen-bond acceptors (Lipinski definition) is 7. The van der Waals surface area contributed by atoms with Gasteiger partial charge in [0.25, 0.3) is 5.91 Å². The molecule has 1 heterocycles. The Hall–Kier alpha value is -4.47. The number of benzene rings is 4. The number of nitrogens with zero attached hydrogens (tertiary/aromatic N) is 1.